The molecular formula is C21H24N4O3S2. The molecule has 1 saturated heterocycles. The minimum absolute atomic E-state index is 0.496. The Hall–Kier alpha value is -2.07. The van der Waals surface area contributed by atoms with Gasteiger partial charge in [-0.2, -0.15) is 0 Å². The molecule has 7 nitrogen and oxygen atoms in total. The zero-order valence-corrected chi connectivity index (χ0v) is 18.3. The summed E-state index contributed by atoms with van der Waals surface area (Å²) in [5.41, 5.74) is 4.06. The molecular weight excluding hydrogens is 420 g/mol. The molecule has 1 aliphatic heterocycles. The van der Waals surface area contributed by atoms with Crippen LogP contribution in [0.5, 0.6) is 0 Å². The number of hydrogen-bond donors (Lipinski definition) is 2. The average molecular weight is 445 g/mol. The lowest BCUT2D eigenvalue weighted by atomic mass is 10.2. The Morgan fingerprint density at radius 1 is 1.27 bits per heavy atom. The SMILES string of the molecule is Cc1c(SCC(C(=O)O)N2CCOCC2)ccnc1CSc1nc2ccccc2[nH]1. The minimum atomic E-state index is -0.781. The van der Waals surface area contributed by atoms with E-state index in [2.05, 4.69) is 15.0 Å². The summed E-state index contributed by atoms with van der Waals surface area (Å²) in [5.74, 6) is 0.416. The number of ether oxygens (including phenoxy) is 1. The number of carboxylic acids is 1. The van der Waals surface area contributed by atoms with Crippen LogP contribution in [0.4, 0.5) is 0 Å². The van der Waals surface area contributed by atoms with E-state index in [0.29, 0.717) is 37.8 Å². The van der Waals surface area contributed by atoms with Gasteiger partial charge in [0.05, 0.1) is 29.9 Å². The molecule has 0 radical (unpaired) electrons. The number of benzene rings is 1. The zero-order chi connectivity index (χ0) is 20.9. The first kappa shape index (κ1) is 21.2. The van der Waals surface area contributed by atoms with Crippen molar-refractivity contribution in [2.75, 3.05) is 32.1 Å². The van der Waals surface area contributed by atoms with Gasteiger partial charge in [-0.05, 0) is 30.7 Å². The summed E-state index contributed by atoms with van der Waals surface area (Å²) < 4.78 is 5.35. The molecule has 0 bridgehead atoms. The first-order chi connectivity index (χ1) is 14.6. The third-order valence-electron chi connectivity index (χ3n) is 5.14. The summed E-state index contributed by atoms with van der Waals surface area (Å²) in [6.07, 6.45) is 1.80. The Balaban J connectivity index is 1.41. The number of aliphatic carboxylic acids is 1. The van der Waals surface area contributed by atoms with Crippen LogP contribution >= 0.6 is 23.5 Å². The number of aromatic nitrogens is 3. The van der Waals surface area contributed by atoms with E-state index in [1.54, 1.807) is 29.7 Å². The highest BCUT2D eigenvalue weighted by Gasteiger charge is 2.27. The highest BCUT2D eigenvalue weighted by molar-refractivity contribution is 7.99. The van der Waals surface area contributed by atoms with Gasteiger partial charge in [-0.1, -0.05) is 23.9 Å². The number of pyridine rings is 1. The van der Waals surface area contributed by atoms with E-state index in [4.69, 9.17) is 4.74 Å². The number of hydrogen-bond acceptors (Lipinski definition) is 7. The first-order valence-electron chi connectivity index (χ1n) is 9.81. The van der Waals surface area contributed by atoms with Crippen molar-refractivity contribution in [3.63, 3.8) is 0 Å². The van der Waals surface area contributed by atoms with Gasteiger partial charge < -0.3 is 14.8 Å². The molecule has 0 spiro atoms. The maximum Gasteiger partial charge on any atom is 0.321 e. The predicted molar refractivity (Wildman–Crippen MR) is 119 cm³/mol. The molecule has 3 heterocycles. The van der Waals surface area contributed by atoms with Crippen molar-refractivity contribution in [1.82, 2.24) is 19.9 Å². The smallest absolute Gasteiger partial charge is 0.321 e. The molecule has 1 aromatic carbocycles. The number of thioether (sulfide) groups is 2. The fourth-order valence-electron chi connectivity index (χ4n) is 3.39. The van der Waals surface area contributed by atoms with Gasteiger partial charge in [-0.3, -0.25) is 14.7 Å². The van der Waals surface area contributed by atoms with E-state index in [1.165, 1.54) is 0 Å². The molecule has 30 heavy (non-hydrogen) atoms. The lowest BCUT2D eigenvalue weighted by Crippen LogP contribution is -2.48. The minimum Gasteiger partial charge on any atom is -0.480 e. The van der Waals surface area contributed by atoms with Crippen LogP contribution in [-0.4, -0.2) is 69.0 Å². The standard InChI is InChI=1S/C21H24N4O3S2/c1-14-17(12-30-21-23-15-4-2-3-5-16(15)24-21)22-7-6-19(14)29-13-18(20(26)27)25-8-10-28-11-9-25/h2-7,18H,8-13H2,1H3,(H,23,24)(H,26,27). The summed E-state index contributed by atoms with van der Waals surface area (Å²) in [6, 6.07) is 9.42. The first-order valence-corrected chi connectivity index (χ1v) is 11.8. The highest BCUT2D eigenvalue weighted by Crippen LogP contribution is 2.29. The average Bonchev–Trinajstić information content (AvgIpc) is 3.17. The van der Waals surface area contributed by atoms with E-state index in [1.807, 2.05) is 42.2 Å². The summed E-state index contributed by atoms with van der Waals surface area (Å²) in [4.78, 5) is 27.3. The van der Waals surface area contributed by atoms with Gasteiger partial charge in [0.15, 0.2) is 5.16 Å². The number of H-pyrrole nitrogens is 1. The summed E-state index contributed by atoms with van der Waals surface area (Å²) in [7, 11) is 0. The maximum absolute atomic E-state index is 11.8. The van der Waals surface area contributed by atoms with Crippen LogP contribution in [0.25, 0.3) is 11.0 Å². The number of imidazole rings is 1. The van der Waals surface area contributed by atoms with Crippen molar-refractivity contribution >= 4 is 40.5 Å². The number of carboxylic acid groups (broad SMARTS) is 1. The largest absolute Gasteiger partial charge is 0.480 e. The van der Waals surface area contributed by atoms with Gasteiger partial charge in [0.2, 0.25) is 0 Å². The monoisotopic (exact) mass is 444 g/mol. The molecule has 4 rings (SSSR count). The predicted octanol–water partition coefficient (Wildman–Crippen LogP) is 3.44. The fraction of sp³-hybridized carbons (Fsp3) is 0.381. The van der Waals surface area contributed by atoms with Gasteiger partial charge in [-0.15, -0.1) is 11.8 Å². The summed E-state index contributed by atoms with van der Waals surface area (Å²) in [6.45, 7) is 4.55. The van der Waals surface area contributed by atoms with Gasteiger partial charge in [-0.25, -0.2) is 4.98 Å². The lowest BCUT2D eigenvalue weighted by Gasteiger charge is -2.31. The van der Waals surface area contributed by atoms with Crippen LogP contribution in [0, 0.1) is 6.92 Å². The third-order valence-corrected chi connectivity index (χ3v) is 7.26. The van der Waals surface area contributed by atoms with Crippen LogP contribution in [0.2, 0.25) is 0 Å². The Bertz CT molecular complexity index is 987. The van der Waals surface area contributed by atoms with Crippen LogP contribution in [0.1, 0.15) is 11.3 Å². The number of aromatic amines is 1. The van der Waals surface area contributed by atoms with Crippen molar-refractivity contribution < 1.29 is 14.6 Å². The van der Waals surface area contributed by atoms with Crippen LogP contribution in [0.3, 0.4) is 0 Å². The molecule has 0 amide bonds. The van der Waals surface area contributed by atoms with E-state index >= 15 is 0 Å². The molecule has 1 fully saturated rings. The Morgan fingerprint density at radius 2 is 2.07 bits per heavy atom. The Morgan fingerprint density at radius 3 is 2.83 bits per heavy atom. The maximum atomic E-state index is 11.8. The number of rotatable bonds is 8. The number of nitrogens with one attached hydrogen (secondary N) is 1. The molecule has 1 unspecified atom stereocenters. The molecule has 1 atom stereocenters. The van der Waals surface area contributed by atoms with Gasteiger partial charge in [0, 0.05) is 35.7 Å². The zero-order valence-electron chi connectivity index (χ0n) is 16.7. The van der Waals surface area contributed by atoms with Crippen molar-refractivity contribution in [3.8, 4) is 0 Å². The Labute approximate surface area is 183 Å². The third kappa shape index (κ3) is 4.97. The van der Waals surface area contributed by atoms with Crippen LogP contribution in [0.15, 0.2) is 46.6 Å². The molecule has 2 aromatic heterocycles. The van der Waals surface area contributed by atoms with Crippen molar-refractivity contribution in [2.24, 2.45) is 0 Å². The second-order valence-electron chi connectivity index (χ2n) is 7.04. The second kappa shape index (κ2) is 9.82. The van der Waals surface area contributed by atoms with Crippen molar-refractivity contribution in [2.45, 2.75) is 28.8 Å². The number of morpholine rings is 1. The van der Waals surface area contributed by atoms with E-state index in [-0.39, 0.29) is 0 Å². The number of carbonyl (C=O) groups is 1. The van der Waals surface area contributed by atoms with Gasteiger partial charge in [0.1, 0.15) is 6.04 Å². The van der Waals surface area contributed by atoms with Gasteiger partial charge in [0.25, 0.3) is 0 Å². The summed E-state index contributed by atoms with van der Waals surface area (Å²) in [5, 5.41) is 10.5. The van der Waals surface area contributed by atoms with Crippen LogP contribution in [-0.2, 0) is 15.3 Å². The topological polar surface area (TPSA) is 91.3 Å². The number of nitrogens with zero attached hydrogens (tertiary/aromatic N) is 3. The fourth-order valence-corrected chi connectivity index (χ4v) is 5.48. The van der Waals surface area contributed by atoms with Crippen LogP contribution < -0.4 is 0 Å². The number of fused-ring (bicyclic) bond motifs is 1. The molecule has 0 aliphatic carbocycles. The lowest BCUT2D eigenvalue weighted by molar-refractivity contribution is -0.143. The number of para-hydroxylation sites is 2. The molecule has 158 valence electrons. The quantitative estimate of drug-likeness (QED) is 0.511. The Kier molecular flexibility index (Phi) is 6.93. The van der Waals surface area contributed by atoms with E-state index in [9.17, 15) is 9.90 Å². The molecule has 9 heteroatoms. The van der Waals surface area contributed by atoms with E-state index in [0.717, 1.165) is 32.3 Å². The molecule has 0 saturated carbocycles. The highest BCUT2D eigenvalue weighted by atomic mass is 32.2. The summed E-state index contributed by atoms with van der Waals surface area (Å²) >= 11 is 3.20. The second-order valence-corrected chi connectivity index (χ2v) is 9.07. The van der Waals surface area contributed by atoms with Crippen molar-refractivity contribution in [3.05, 3.63) is 47.8 Å². The molecule has 2 N–H and O–H groups in total. The molecule has 3 aromatic rings. The van der Waals surface area contributed by atoms with Gasteiger partial charge >= 0.3 is 5.97 Å². The normalized spacial score (nSPS) is 16.0. The van der Waals surface area contributed by atoms with Crippen molar-refractivity contribution in [1.29, 1.82) is 0 Å². The molecule has 1 aliphatic rings. The van der Waals surface area contributed by atoms with E-state index < -0.39 is 12.0 Å².